The van der Waals surface area contributed by atoms with E-state index in [-0.39, 0.29) is 12.4 Å². The first-order valence-electron chi connectivity index (χ1n) is 4.01. The molecule has 82 valence electrons. The van der Waals surface area contributed by atoms with Gasteiger partial charge in [0.1, 0.15) is 5.54 Å². The smallest absolute Gasteiger partial charge is 0.324 e. The van der Waals surface area contributed by atoms with Crippen LogP contribution in [0.3, 0.4) is 0 Å². The molecule has 2 unspecified atom stereocenters. The van der Waals surface area contributed by atoms with Crippen LogP contribution >= 0.6 is 25.0 Å². The van der Waals surface area contributed by atoms with Crippen LogP contribution in [-0.2, 0) is 4.79 Å². The number of nitrogens with two attached hydrogens (primary N) is 1. The molecule has 0 bridgehead atoms. The summed E-state index contributed by atoms with van der Waals surface area (Å²) in [5, 5.41) is 15.8. The summed E-state index contributed by atoms with van der Waals surface area (Å²) in [6.45, 7) is 3.42. The fourth-order valence-electron chi connectivity index (χ4n) is 1.14. The first-order valence-corrected chi connectivity index (χ1v) is 4.53. The van der Waals surface area contributed by atoms with Crippen LogP contribution in [0, 0.1) is 0 Å². The van der Waals surface area contributed by atoms with Gasteiger partial charge in [0.15, 0.2) is 0 Å². The Kier molecular flexibility index (Phi) is 3.94. The monoisotopic (exact) mass is 239 g/mol. The molecule has 0 saturated heterocycles. The Morgan fingerprint density at radius 2 is 2.14 bits per heavy atom. The van der Waals surface area contributed by atoms with Gasteiger partial charge in [-0.2, -0.15) is 22.9 Å². The van der Waals surface area contributed by atoms with E-state index in [0.29, 0.717) is 6.42 Å². The van der Waals surface area contributed by atoms with E-state index in [1.54, 1.807) is 13.8 Å². The Morgan fingerprint density at radius 3 is 2.36 bits per heavy atom. The molecule has 7 heteroatoms. The molecule has 0 saturated carbocycles. The summed E-state index contributed by atoms with van der Waals surface area (Å²) < 4.78 is 0. The van der Waals surface area contributed by atoms with Crippen molar-refractivity contribution < 1.29 is 9.90 Å². The number of nitrogens with zero attached hydrogens (tertiary/aromatic N) is 2. The minimum atomic E-state index is -1.36. The standard InChI is InChI=1S/C7H13N3O2S.ClH/c1-3-7(8,5(11)12)4(13)6(2)9-10-6;/h4,13H,3,8H2,1-2H3,(H,11,12);1H. The molecule has 1 heterocycles. The number of hydrogen-bond acceptors (Lipinski definition) is 5. The van der Waals surface area contributed by atoms with Gasteiger partial charge in [-0.05, 0) is 13.3 Å². The Morgan fingerprint density at radius 1 is 1.71 bits per heavy atom. The van der Waals surface area contributed by atoms with E-state index in [4.69, 9.17) is 10.8 Å². The highest BCUT2D eigenvalue weighted by molar-refractivity contribution is 7.81. The van der Waals surface area contributed by atoms with Crippen LogP contribution in [0.15, 0.2) is 10.2 Å². The molecule has 0 aromatic heterocycles. The van der Waals surface area contributed by atoms with E-state index in [0.717, 1.165) is 0 Å². The summed E-state index contributed by atoms with van der Waals surface area (Å²) >= 11 is 4.18. The summed E-state index contributed by atoms with van der Waals surface area (Å²) in [7, 11) is 0. The van der Waals surface area contributed by atoms with Gasteiger partial charge in [-0.3, -0.25) is 4.79 Å². The average Bonchev–Trinajstić information content (AvgIpc) is 2.82. The highest BCUT2D eigenvalue weighted by atomic mass is 35.5. The van der Waals surface area contributed by atoms with Crippen molar-refractivity contribution in [1.82, 2.24) is 0 Å². The fraction of sp³-hybridized carbons (Fsp3) is 0.857. The Balaban J connectivity index is 0.00000169. The van der Waals surface area contributed by atoms with Gasteiger partial charge in [0, 0.05) is 0 Å². The van der Waals surface area contributed by atoms with Gasteiger partial charge in [-0.15, -0.1) is 12.4 Å². The van der Waals surface area contributed by atoms with Gasteiger partial charge >= 0.3 is 5.97 Å². The summed E-state index contributed by atoms with van der Waals surface area (Å²) in [5.74, 6) is -1.06. The molecule has 1 aliphatic rings. The number of carbonyl (C=O) groups is 1. The van der Waals surface area contributed by atoms with Gasteiger partial charge in [0.25, 0.3) is 0 Å². The van der Waals surface area contributed by atoms with E-state index in [1.165, 1.54) is 0 Å². The second-order valence-corrected chi connectivity index (χ2v) is 3.91. The molecule has 0 aliphatic carbocycles. The molecule has 0 aromatic carbocycles. The van der Waals surface area contributed by atoms with Crippen molar-refractivity contribution in [2.24, 2.45) is 16.0 Å². The first-order chi connectivity index (χ1) is 5.87. The lowest BCUT2D eigenvalue weighted by atomic mass is 9.87. The van der Waals surface area contributed by atoms with Crippen LogP contribution in [0.2, 0.25) is 0 Å². The molecular weight excluding hydrogens is 226 g/mol. The molecule has 0 fully saturated rings. The molecular formula is C7H14ClN3O2S. The molecule has 0 amide bonds. The quantitative estimate of drug-likeness (QED) is 0.642. The predicted molar refractivity (Wildman–Crippen MR) is 58.1 cm³/mol. The zero-order valence-electron chi connectivity index (χ0n) is 7.97. The van der Waals surface area contributed by atoms with Crippen LogP contribution in [0.4, 0.5) is 0 Å². The molecule has 3 N–H and O–H groups in total. The fourth-order valence-corrected chi connectivity index (χ4v) is 1.53. The number of hydrogen-bond donors (Lipinski definition) is 3. The maximum Gasteiger partial charge on any atom is 0.324 e. The van der Waals surface area contributed by atoms with Crippen molar-refractivity contribution in [3.63, 3.8) is 0 Å². The van der Waals surface area contributed by atoms with Crippen LogP contribution < -0.4 is 5.73 Å². The van der Waals surface area contributed by atoms with Crippen molar-refractivity contribution in [3.8, 4) is 0 Å². The molecule has 0 radical (unpaired) electrons. The molecule has 1 aliphatic heterocycles. The number of carboxylic acids is 1. The molecule has 5 nitrogen and oxygen atoms in total. The zero-order chi connectivity index (χ0) is 10.3. The van der Waals surface area contributed by atoms with E-state index < -0.39 is 22.4 Å². The van der Waals surface area contributed by atoms with Gasteiger partial charge in [-0.25, -0.2) is 0 Å². The lowest BCUT2D eigenvalue weighted by Crippen LogP contribution is -2.59. The topological polar surface area (TPSA) is 88.0 Å². The number of halogens is 1. The maximum atomic E-state index is 10.9. The minimum absolute atomic E-state index is 0. The highest BCUT2D eigenvalue weighted by Crippen LogP contribution is 2.39. The van der Waals surface area contributed by atoms with E-state index >= 15 is 0 Å². The lowest BCUT2D eigenvalue weighted by Gasteiger charge is -2.30. The molecule has 1 rings (SSSR count). The minimum Gasteiger partial charge on any atom is -0.480 e. The first kappa shape index (κ1) is 13.7. The van der Waals surface area contributed by atoms with Gasteiger partial charge in [0.05, 0.1) is 5.25 Å². The second kappa shape index (κ2) is 4.04. The second-order valence-electron chi connectivity index (χ2n) is 3.40. The average molecular weight is 240 g/mol. The normalized spacial score (nSPS) is 23.1. The van der Waals surface area contributed by atoms with Crippen molar-refractivity contribution in [1.29, 1.82) is 0 Å². The summed E-state index contributed by atoms with van der Waals surface area (Å²) in [4.78, 5) is 10.9. The molecule has 0 spiro atoms. The summed E-state index contributed by atoms with van der Waals surface area (Å²) in [6.07, 6.45) is 0.303. The Bertz CT molecular complexity index is 268. The molecule has 2 atom stereocenters. The maximum absolute atomic E-state index is 10.9. The van der Waals surface area contributed by atoms with Crippen molar-refractivity contribution in [3.05, 3.63) is 0 Å². The SMILES string of the molecule is CCC(N)(C(=O)O)C(S)C1(C)N=N1.Cl. The van der Waals surface area contributed by atoms with E-state index in [1.807, 2.05) is 0 Å². The van der Waals surface area contributed by atoms with E-state index in [2.05, 4.69) is 22.9 Å². The van der Waals surface area contributed by atoms with Crippen molar-refractivity contribution in [2.45, 2.75) is 36.7 Å². The van der Waals surface area contributed by atoms with Crippen LogP contribution in [0.1, 0.15) is 20.3 Å². The highest BCUT2D eigenvalue weighted by Gasteiger charge is 2.54. The predicted octanol–water partition coefficient (Wildman–Crippen LogP) is 1.08. The van der Waals surface area contributed by atoms with Crippen molar-refractivity contribution >= 4 is 31.0 Å². The van der Waals surface area contributed by atoms with Crippen molar-refractivity contribution in [2.75, 3.05) is 0 Å². The zero-order valence-corrected chi connectivity index (χ0v) is 9.68. The van der Waals surface area contributed by atoms with Gasteiger partial charge < -0.3 is 10.8 Å². The lowest BCUT2D eigenvalue weighted by molar-refractivity contribution is -0.143. The number of rotatable bonds is 4. The third kappa shape index (κ3) is 2.02. The Labute approximate surface area is 94.0 Å². The number of carboxylic acid groups (broad SMARTS) is 1. The van der Waals surface area contributed by atoms with Gasteiger partial charge in [0.2, 0.25) is 5.66 Å². The van der Waals surface area contributed by atoms with Crippen LogP contribution in [-0.4, -0.2) is 27.5 Å². The summed E-state index contributed by atoms with van der Waals surface area (Å²) in [5.41, 5.74) is 3.64. The molecule has 14 heavy (non-hydrogen) atoms. The summed E-state index contributed by atoms with van der Waals surface area (Å²) in [6, 6.07) is 0. The number of aliphatic carboxylic acids is 1. The van der Waals surface area contributed by atoms with Crippen LogP contribution in [0.5, 0.6) is 0 Å². The third-order valence-electron chi connectivity index (χ3n) is 2.40. The third-order valence-corrected chi connectivity index (χ3v) is 3.35. The van der Waals surface area contributed by atoms with Crippen LogP contribution in [0.25, 0.3) is 0 Å². The number of thiol groups is 1. The Hall–Kier alpha value is -0.330. The van der Waals surface area contributed by atoms with E-state index in [9.17, 15) is 4.79 Å². The molecule has 0 aromatic rings. The van der Waals surface area contributed by atoms with Gasteiger partial charge in [-0.1, -0.05) is 6.92 Å². The largest absolute Gasteiger partial charge is 0.480 e.